The zero-order chi connectivity index (χ0) is 17.5. The molecule has 0 unspecified atom stereocenters. The van der Waals surface area contributed by atoms with E-state index in [4.69, 9.17) is 18.8 Å². The van der Waals surface area contributed by atoms with E-state index in [1.54, 1.807) is 14.2 Å². The molecule has 1 aromatic heterocycles. The monoisotopic (exact) mass is 330 g/mol. The minimum Gasteiger partial charge on any atom is -0.497 e. The van der Waals surface area contributed by atoms with Gasteiger partial charge in [-0.05, 0) is 52.0 Å². The number of nitrogens with zero attached hydrogens (tertiary/aromatic N) is 2. The maximum atomic E-state index is 6.06. The molecule has 1 fully saturated rings. The van der Waals surface area contributed by atoms with Crippen LogP contribution in [-0.4, -0.2) is 42.1 Å². The molecule has 0 amide bonds. The summed E-state index contributed by atoms with van der Waals surface area (Å²) in [6, 6.07) is 8.14. The second-order valence-electron chi connectivity index (χ2n) is 6.81. The predicted octanol–water partition coefficient (Wildman–Crippen LogP) is 2.19. The van der Waals surface area contributed by atoms with Gasteiger partial charge in [0.25, 0.3) is 6.01 Å². The zero-order valence-electron chi connectivity index (χ0n) is 15.0. The highest BCUT2D eigenvalue weighted by Crippen LogP contribution is 2.36. The molecule has 0 saturated carbocycles. The summed E-state index contributed by atoms with van der Waals surface area (Å²) in [5.74, 6) is 0.795. The number of hydrogen-bond acceptors (Lipinski definition) is 5. The maximum absolute atomic E-state index is 6.06. The van der Waals surface area contributed by atoms with Crippen LogP contribution in [0, 0.1) is 0 Å². The Morgan fingerprint density at radius 3 is 2.04 bits per heavy atom. The fraction of sp³-hybridized carbons (Fsp3) is 0.471. The smallest absolute Gasteiger partial charge is 0.497 e. The number of rotatable bonds is 4. The van der Waals surface area contributed by atoms with Gasteiger partial charge in [0.2, 0.25) is 0 Å². The lowest BCUT2D eigenvalue weighted by Gasteiger charge is -2.32. The topological polar surface area (TPSA) is 54.7 Å². The van der Waals surface area contributed by atoms with Crippen LogP contribution in [0.5, 0.6) is 11.8 Å². The SMILES string of the molecule is COc1ccc(-n2cc(B3OC(C)(C)C(C)(C)O3)nc2OC)cc1. The number of aromatic nitrogens is 2. The van der Waals surface area contributed by atoms with Crippen LogP contribution in [0.25, 0.3) is 5.69 Å². The fourth-order valence-electron chi connectivity index (χ4n) is 2.53. The molecule has 3 rings (SSSR count). The largest absolute Gasteiger partial charge is 0.516 e. The first-order valence-electron chi connectivity index (χ1n) is 7.91. The van der Waals surface area contributed by atoms with Gasteiger partial charge in [-0.25, -0.2) is 4.98 Å². The summed E-state index contributed by atoms with van der Waals surface area (Å²) < 4.78 is 24.6. The predicted molar refractivity (Wildman–Crippen MR) is 92.4 cm³/mol. The van der Waals surface area contributed by atoms with Crippen LogP contribution in [0.15, 0.2) is 30.5 Å². The Bertz CT molecular complexity index is 709. The van der Waals surface area contributed by atoms with Gasteiger partial charge in [0.05, 0.1) is 36.7 Å². The summed E-state index contributed by atoms with van der Waals surface area (Å²) in [5, 5.41) is 0. The molecule has 7 heteroatoms. The summed E-state index contributed by atoms with van der Waals surface area (Å²) in [6.07, 6.45) is 1.88. The van der Waals surface area contributed by atoms with Crippen molar-refractivity contribution >= 4 is 12.7 Å². The van der Waals surface area contributed by atoms with E-state index in [9.17, 15) is 0 Å². The van der Waals surface area contributed by atoms with Gasteiger partial charge in [0.1, 0.15) is 5.75 Å². The normalized spacial score (nSPS) is 18.7. The Hall–Kier alpha value is -1.99. The third-order valence-corrected chi connectivity index (χ3v) is 4.72. The van der Waals surface area contributed by atoms with E-state index in [0.29, 0.717) is 11.6 Å². The summed E-state index contributed by atoms with van der Waals surface area (Å²) in [4.78, 5) is 4.52. The van der Waals surface area contributed by atoms with Crippen molar-refractivity contribution in [1.29, 1.82) is 0 Å². The fourth-order valence-corrected chi connectivity index (χ4v) is 2.53. The van der Waals surface area contributed by atoms with Gasteiger partial charge >= 0.3 is 7.12 Å². The molecule has 0 N–H and O–H groups in total. The molecule has 1 aliphatic rings. The summed E-state index contributed by atoms with van der Waals surface area (Å²) >= 11 is 0. The van der Waals surface area contributed by atoms with Crippen LogP contribution in [0.4, 0.5) is 0 Å². The van der Waals surface area contributed by atoms with Gasteiger partial charge in [-0.1, -0.05) is 0 Å². The molecular weight excluding hydrogens is 307 g/mol. The Balaban J connectivity index is 1.93. The molecule has 24 heavy (non-hydrogen) atoms. The average molecular weight is 330 g/mol. The van der Waals surface area contributed by atoms with Gasteiger partial charge in [0.15, 0.2) is 0 Å². The van der Waals surface area contributed by atoms with Gasteiger partial charge in [-0.2, -0.15) is 0 Å². The highest BCUT2D eigenvalue weighted by Gasteiger charge is 2.52. The van der Waals surface area contributed by atoms with Gasteiger partial charge in [0, 0.05) is 6.20 Å². The van der Waals surface area contributed by atoms with Crippen LogP contribution >= 0.6 is 0 Å². The zero-order valence-corrected chi connectivity index (χ0v) is 15.0. The molecule has 1 aliphatic heterocycles. The Labute approximate surface area is 142 Å². The quantitative estimate of drug-likeness (QED) is 0.805. The van der Waals surface area contributed by atoms with Crippen LogP contribution in [0.3, 0.4) is 0 Å². The highest BCUT2D eigenvalue weighted by molar-refractivity contribution is 6.61. The minimum atomic E-state index is -0.525. The maximum Gasteiger partial charge on any atom is 0.516 e. The molecule has 2 heterocycles. The number of hydrogen-bond donors (Lipinski definition) is 0. The van der Waals surface area contributed by atoms with Crippen molar-refractivity contribution in [2.24, 2.45) is 0 Å². The minimum absolute atomic E-state index is 0.408. The molecule has 0 radical (unpaired) electrons. The second-order valence-corrected chi connectivity index (χ2v) is 6.81. The summed E-state index contributed by atoms with van der Waals surface area (Å²) in [7, 11) is 2.71. The number of methoxy groups -OCH3 is 2. The van der Waals surface area contributed by atoms with Crippen molar-refractivity contribution in [2.75, 3.05) is 14.2 Å². The van der Waals surface area contributed by atoms with Gasteiger partial charge in [-0.15, -0.1) is 0 Å². The van der Waals surface area contributed by atoms with Crippen molar-refractivity contribution < 1.29 is 18.8 Å². The average Bonchev–Trinajstić information content (AvgIpc) is 3.06. The first-order chi connectivity index (χ1) is 11.3. The molecule has 0 aliphatic carbocycles. The number of imidazole rings is 1. The van der Waals surface area contributed by atoms with Crippen LogP contribution in [-0.2, 0) is 9.31 Å². The first kappa shape index (κ1) is 16.9. The van der Waals surface area contributed by atoms with E-state index >= 15 is 0 Å². The highest BCUT2D eigenvalue weighted by atomic mass is 16.7. The van der Waals surface area contributed by atoms with Crippen LogP contribution in [0.2, 0.25) is 0 Å². The lowest BCUT2D eigenvalue weighted by atomic mass is 9.86. The standard InChI is InChI=1S/C17H23BN2O4/c1-16(2)17(3,4)24-18(23-16)14-11-20(15(19-14)22-6)12-7-9-13(21-5)10-8-12/h7-11H,1-6H3. The molecule has 0 atom stereocenters. The van der Waals surface area contributed by atoms with E-state index in [2.05, 4.69) is 4.98 Å². The van der Waals surface area contributed by atoms with E-state index in [-0.39, 0.29) is 0 Å². The third-order valence-electron chi connectivity index (χ3n) is 4.72. The molecule has 0 spiro atoms. The molecule has 1 aromatic carbocycles. The van der Waals surface area contributed by atoms with Crippen LogP contribution in [0.1, 0.15) is 27.7 Å². The van der Waals surface area contributed by atoms with Crippen LogP contribution < -0.4 is 15.1 Å². The molecule has 2 aromatic rings. The Morgan fingerprint density at radius 2 is 1.54 bits per heavy atom. The van der Waals surface area contributed by atoms with Crippen molar-refractivity contribution in [3.63, 3.8) is 0 Å². The Kier molecular flexibility index (Phi) is 4.09. The van der Waals surface area contributed by atoms with Crippen molar-refractivity contribution in [1.82, 2.24) is 9.55 Å². The molecule has 6 nitrogen and oxygen atoms in total. The van der Waals surface area contributed by atoms with Gasteiger partial charge < -0.3 is 18.8 Å². The number of ether oxygens (including phenoxy) is 2. The van der Waals surface area contributed by atoms with Gasteiger partial charge in [-0.3, -0.25) is 4.57 Å². The molecule has 128 valence electrons. The van der Waals surface area contributed by atoms with Crippen molar-refractivity contribution in [3.8, 4) is 17.4 Å². The summed E-state index contributed by atoms with van der Waals surface area (Å²) in [6.45, 7) is 8.07. The lowest BCUT2D eigenvalue weighted by Crippen LogP contribution is -2.41. The molecule has 1 saturated heterocycles. The van der Waals surface area contributed by atoms with E-state index in [1.165, 1.54) is 0 Å². The second kappa shape index (κ2) is 5.83. The third kappa shape index (κ3) is 2.78. The molecular formula is C17H23BN2O4. The van der Waals surface area contributed by atoms with E-state index < -0.39 is 18.3 Å². The first-order valence-corrected chi connectivity index (χ1v) is 7.91. The van der Waals surface area contributed by atoms with Crippen molar-refractivity contribution in [3.05, 3.63) is 30.5 Å². The number of benzene rings is 1. The molecule has 0 bridgehead atoms. The van der Waals surface area contributed by atoms with Crippen molar-refractivity contribution in [2.45, 2.75) is 38.9 Å². The summed E-state index contributed by atoms with van der Waals surface area (Å²) in [5.41, 5.74) is 0.785. The lowest BCUT2D eigenvalue weighted by molar-refractivity contribution is 0.00578. The van der Waals surface area contributed by atoms with E-state index in [0.717, 1.165) is 11.4 Å². The van der Waals surface area contributed by atoms with E-state index in [1.807, 2.05) is 62.7 Å². The Morgan fingerprint density at radius 1 is 0.958 bits per heavy atom.